The number of hydrogen-bond donors (Lipinski definition) is 2. The quantitative estimate of drug-likeness (QED) is 0.432. The number of carboxylic acid groups (broad SMARTS) is 1. The monoisotopic (exact) mass is 520 g/mol. The third kappa shape index (κ3) is 4.46. The molecule has 0 unspecified atom stereocenters. The van der Waals surface area contributed by atoms with Gasteiger partial charge in [0, 0.05) is 24.6 Å². The van der Waals surface area contributed by atoms with Gasteiger partial charge in [-0.15, -0.1) is 22.0 Å². The summed E-state index contributed by atoms with van der Waals surface area (Å²) in [6, 6.07) is -0.474. The van der Waals surface area contributed by atoms with Gasteiger partial charge in [0.2, 0.25) is 0 Å². The van der Waals surface area contributed by atoms with Crippen LogP contribution in [0, 0.1) is 6.92 Å². The topological polar surface area (TPSA) is 130 Å². The van der Waals surface area contributed by atoms with Crippen LogP contribution in [0.1, 0.15) is 21.2 Å². The van der Waals surface area contributed by atoms with Gasteiger partial charge in [-0.2, -0.15) is 18.3 Å². The molecule has 10 nitrogen and oxygen atoms in total. The molecule has 2 aromatic rings. The number of fused-ring (bicyclic) bond motifs is 1. The van der Waals surface area contributed by atoms with Crippen LogP contribution in [0.25, 0.3) is 0 Å². The van der Waals surface area contributed by atoms with Gasteiger partial charge in [0.15, 0.2) is 10.0 Å². The van der Waals surface area contributed by atoms with Crippen LogP contribution < -0.4 is 5.32 Å². The fraction of sp³-hybridized carbons (Fsp3) is 0.412. The summed E-state index contributed by atoms with van der Waals surface area (Å²) in [5.74, 6) is -2.23. The Bertz CT molecular complexity index is 1180. The Hall–Kier alpha value is -2.59. The third-order valence-corrected chi connectivity index (χ3v) is 8.21. The molecule has 2 aliphatic rings. The van der Waals surface area contributed by atoms with Gasteiger partial charge < -0.3 is 10.4 Å². The van der Waals surface area contributed by atoms with Crippen molar-refractivity contribution in [2.24, 2.45) is 7.05 Å². The first-order chi connectivity index (χ1) is 15.5. The minimum Gasteiger partial charge on any atom is -0.477 e. The molecule has 33 heavy (non-hydrogen) atoms. The first kappa shape index (κ1) is 23.6. The van der Waals surface area contributed by atoms with Crippen molar-refractivity contribution >= 4 is 52.6 Å². The van der Waals surface area contributed by atoms with Gasteiger partial charge in [0.1, 0.15) is 27.8 Å². The second-order valence-corrected chi connectivity index (χ2v) is 10.5. The smallest absolute Gasteiger partial charge is 0.435 e. The van der Waals surface area contributed by atoms with Crippen LogP contribution in [0.4, 0.5) is 13.2 Å². The lowest BCUT2D eigenvalue weighted by Crippen LogP contribution is -2.70. The molecule has 4 heterocycles. The van der Waals surface area contributed by atoms with Crippen molar-refractivity contribution in [3.63, 3.8) is 0 Å². The molecule has 0 aromatic carbocycles. The summed E-state index contributed by atoms with van der Waals surface area (Å²) in [6.07, 6.45) is -4.72. The number of aryl methyl sites for hydroxylation is 2. The van der Waals surface area contributed by atoms with Gasteiger partial charge in [-0.05, 0) is 12.5 Å². The van der Waals surface area contributed by atoms with E-state index in [1.165, 1.54) is 41.9 Å². The molecule has 0 bridgehead atoms. The normalized spacial score (nSPS) is 20.5. The van der Waals surface area contributed by atoms with E-state index in [9.17, 15) is 32.7 Å². The van der Waals surface area contributed by atoms with E-state index in [2.05, 4.69) is 20.6 Å². The molecule has 176 valence electrons. The van der Waals surface area contributed by atoms with Gasteiger partial charge >= 0.3 is 12.1 Å². The van der Waals surface area contributed by atoms with E-state index >= 15 is 0 Å². The Kier molecular flexibility index (Phi) is 6.17. The van der Waals surface area contributed by atoms with E-state index in [1.807, 2.05) is 0 Å². The number of aliphatic carboxylic acids is 1. The highest BCUT2D eigenvalue weighted by Gasteiger charge is 2.54. The fourth-order valence-corrected chi connectivity index (χ4v) is 6.61. The number of hydrogen-bond acceptors (Lipinski definition) is 9. The number of nitrogens with zero attached hydrogens (tertiary/aromatic N) is 5. The van der Waals surface area contributed by atoms with Crippen molar-refractivity contribution in [1.29, 1.82) is 0 Å². The number of aromatic nitrogens is 4. The molecule has 0 radical (unpaired) electrons. The van der Waals surface area contributed by atoms with Crippen LogP contribution in [-0.4, -0.2) is 70.7 Å². The van der Waals surface area contributed by atoms with Gasteiger partial charge in [-0.1, -0.05) is 23.1 Å². The van der Waals surface area contributed by atoms with E-state index in [-0.39, 0.29) is 11.4 Å². The van der Waals surface area contributed by atoms with Gasteiger partial charge in [-0.3, -0.25) is 19.2 Å². The average molecular weight is 521 g/mol. The molecule has 1 saturated heterocycles. The minimum atomic E-state index is -4.72. The summed E-state index contributed by atoms with van der Waals surface area (Å²) >= 11 is 3.95. The molecule has 0 saturated carbocycles. The molecule has 16 heteroatoms. The summed E-state index contributed by atoms with van der Waals surface area (Å²) in [4.78, 5) is 38.2. The highest BCUT2D eigenvalue weighted by molar-refractivity contribution is 8.01. The Balaban J connectivity index is 1.48. The number of halogens is 3. The zero-order chi connectivity index (χ0) is 24.1. The molecule has 2 aliphatic heterocycles. The van der Waals surface area contributed by atoms with E-state index in [0.29, 0.717) is 27.5 Å². The Morgan fingerprint density at radius 2 is 2.09 bits per heavy atom. The molecule has 2 aromatic heterocycles. The lowest BCUT2D eigenvalue weighted by molar-refractivity contribution is -0.148. The number of carbonyl (C=O) groups is 3. The first-order valence-corrected chi connectivity index (χ1v) is 12.1. The number of rotatable bonds is 6. The molecule has 2 atom stereocenters. The number of carbonyl (C=O) groups excluding carboxylic acids is 2. The third-order valence-electron chi connectivity index (χ3n) is 4.82. The Labute approximate surface area is 196 Å². The molecule has 0 spiro atoms. The SMILES string of the molecule is Cc1nnc(SCC2=C(C(=O)O)N3C(=O)[C@@H](NC(=O)c4cc(C(F)(F)F)nn4C)[C@H]3SC2)s1. The zero-order valence-corrected chi connectivity index (χ0v) is 19.4. The van der Waals surface area contributed by atoms with Crippen molar-refractivity contribution in [3.8, 4) is 0 Å². The summed E-state index contributed by atoms with van der Waals surface area (Å²) in [6.45, 7) is 1.80. The minimum absolute atomic E-state index is 0.150. The molecule has 4 rings (SSSR count). The predicted molar refractivity (Wildman–Crippen MR) is 113 cm³/mol. The van der Waals surface area contributed by atoms with Crippen LogP contribution >= 0.6 is 34.9 Å². The van der Waals surface area contributed by atoms with Crippen LogP contribution in [-0.2, 0) is 22.8 Å². The van der Waals surface area contributed by atoms with Crippen molar-refractivity contribution < 1.29 is 32.7 Å². The van der Waals surface area contributed by atoms with Crippen LogP contribution in [0.5, 0.6) is 0 Å². The number of alkyl halides is 3. The maximum absolute atomic E-state index is 12.9. The number of amides is 2. The highest BCUT2D eigenvalue weighted by atomic mass is 32.2. The maximum Gasteiger partial charge on any atom is 0.435 e. The zero-order valence-electron chi connectivity index (χ0n) is 16.9. The average Bonchev–Trinajstić information content (AvgIpc) is 3.34. The van der Waals surface area contributed by atoms with E-state index in [4.69, 9.17) is 0 Å². The van der Waals surface area contributed by atoms with Gasteiger partial charge in [0.25, 0.3) is 11.8 Å². The van der Waals surface area contributed by atoms with E-state index in [0.717, 1.165) is 14.6 Å². The number of nitrogens with one attached hydrogen (secondary N) is 1. The van der Waals surface area contributed by atoms with Crippen molar-refractivity contribution in [2.75, 3.05) is 11.5 Å². The van der Waals surface area contributed by atoms with Crippen molar-refractivity contribution in [3.05, 3.63) is 33.7 Å². The maximum atomic E-state index is 12.9. The van der Waals surface area contributed by atoms with Gasteiger partial charge in [0.05, 0.1) is 0 Å². The van der Waals surface area contributed by atoms with Crippen LogP contribution in [0.2, 0.25) is 0 Å². The number of β-lactam (4-membered cyclic amide) rings is 1. The predicted octanol–water partition coefficient (Wildman–Crippen LogP) is 1.74. The van der Waals surface area contributed by atoms with Crippen molar-refractivity contribution in [2.45, 2.75) is 28.9 Å². The molecular weight excluding hydrogens is 505 g/mol. The molecule has 1 fully saturated rings. The summed E-state index contributed by atoms with van der Waals surface area (Å²) in [5, 5.41) is 23.4. The summed E-state index contributed by atoms with van der Waals surface area (Å²) in [5.41, 5.74) is -1.22. The van der Waals surface area contributed by atoms with E-state index < -0.39 is 41.1 Å². The Morgan fingerprint density at radius 3 is 2.67 bits per heavy atom. The molecule has 2 N–H and O–H groups in total. The Morgan fingerprint density at radius 1 is 1.36 bits per heavy atom. The fourth-order valence-electron chi connectivity index (χ4n) is 3.31. The molecule has 0 aliphatic carbocycles. The number of carboxylic acids is 1. The van der Waals surface area contributed by atoms with Gasteiger partial charge in [-0.25, -0.2) is 4.79 Å². The standard InChI is InChI=1S/C17H15F3N6O4S3/c1-6-22-23-16(33-6)32-5-7-4-31-14-10(13(28)26(14)11(7)15(29)30)21-12(27)8-3-9(17(18,19)20)24-25(8)2/h3,10,14H,4-5H2,1-2H3,(H,21,27)(H,29,30)/t10-,14-/m1/s1. The van der Waals surface area contributed by atoms with E-state index in [1.54, 1.807) is 6.92 Å². The number of thioether (sulfide) groups is 2. The summed E-state index contributed by atoms with van der Waals surface area (Å²) in [7, 11) is 1.18. The molecular formula is C17H15F3N6O4S3. The lowest BCUT2D eigenvalue weighted by Gasteiger charge is -2.49. The second-order valence-electron chi connectivity index (χ2n) is 7.03. The van der Waals surface area contributed by atoms with Crippen LogP contribution in [0.3, 0.4) is 0 Å². The molecule has 2 amide bonds. The first-order valence-electron chi connectivity index (χ1n) is 9.22. The van der Waals surface area contributed by atoms with Crippen molar-refractivity contribution in [1.82, 2.24) is 30.2 Å². The second kappa shape index (κ2) is 8.64. The largest absolute Gasteiger partial charge is 0.477 e. The lowest BCUT2D eigenvalue weighted by atomic mass is 10.0. The highest BCUT2D eigenvalue weighted by Crippen LogP contribution is 2.42. The summed E-state index contributed by atoms with van der Waals surface area (Å²) < 4.78 is 40.0. The van der Waals surface area contributed by atoms with Crippen LogP contribution in [0.15, 0.2) is 21.7 Å².